The first kappa shape index (κ1) is 17.8. The summed E-state index contributed by atoms with van der Waals surface area (Å²) in [6.07, 6.45) is 0.272. The predicted octanol–water partition coefficient (Wildman–Crippen LogP) is 3.66. The largest absolute Gasteiger partial charge is 0.389 e. The fourth-order valence-electron chi connectivity index (χ4n) is 3.32. The summed E-state index contributed by atoms with van der Waals surface area (Å²) in [7, 11) is 0. The summed E-state index contributed by atoms with van der Waals surface area (Å²) in [5.41, 5.74) is -2.59. The van der Waals surface area contributed by atoms with Gasteiger partial charge in [-0.05, 0) is 46.3 Å². The van der Waals surface area contributed by atoms with Crippen molar-refractivity contribution in [1.29, 1.82) is 0 Å². The summed E-state index contributed by atoms with van der Waals surface area (Å²) in [6, 6.07) is 0. The third-order valence-corrected chi connectivity index (χ3v) is 4.97. The molecule has 1 aliphatic carbocycles. The average Bonchev–Trinajstić information content (AvgIpc) is 2.62. The van der Waals surface area contributed by atoms with Crippen LogP contribution in [0.2, 0.25) is 0 Å². The second-order valence-electron chi connectivity index (χ2n) is 7.62. The van der Waals surface area contributed by atoms with Gasteiger partial charge in [-0.3, -0.25) is 9.59 Å². The second-order valence-corrected chi connectivity index (χ2v) is 7.62. The molecule has 1 saturated heterocycles. The van der Waals surface area contributed by atoms with Gasteiger partial charge in [-0.1, -0.05) is 12.2 Å². The van der Waals surface area contributed by atoms with E-state index in [1.54, 1.807) is 24.0 Å². The van der Waals surface area contributed by atoms with E-state index in [4.69, 9.17) is 0 Å². The molecular weight excluding hydrogens is 307 g/mol. The first-order valence-electron chi connectivity index (χ1n) is 7.62. The maximum Gasteiger partial charge on any atom is 0.389 e. The highest BCUT2D eigenvalue weighted by molar-refractivity contribution is 6.01. The Morgan fingerprint density at radius 3 is 2.09 bits per heavy atom. The first-order valence-corrected chi connectivity index (χ1v) is 7.62. The first-order chi connectivity index (χ1) is 10.3. The van der Waals surface area contributed by atoms with Crippen LogP contribution >= 0.6 is 0 Å². The molecule has 2 rings (SSSR count). The van der Waals surface area contributed by atoms with Gasteiger partial charge in [-0.15, -0.1) is 0 Å². The number of likely N-dealkylation sites (tertiary alicyclic amines) is 1. The molecule has 3 nitrogen and oxygen atoms in total. The molecule has 0 N–H and O–H groups in total. The number of amides is 1. The van der Waals surface area contributed by atoms with Crippen molar-refractivity contribution in [3.05, 3.63) is 24.3 Å². The van der Waals surface area contributed by atoms with E-state index in [0.717, 1.165) is 0 Å². The zero-order valence-corrected chi connectivity index (χ0v) is 13.8. The number of alkyl halides is 3. The molecule has 1 spiro atoms. The van der Waals surface area contributed by atoms with Gasteiger partial charge in [0.1, 0.15) is 0 Å². The topological polar surface area (TPSA) is 37.4 Å². The number of rotatable bonds is 2. The number of hydrogen-bond donors (Lipinski definition) is 0. The van der Waals surface area contributed by atoms with Gasteiger partial charge in [0, 0.05) is 23.9 Å². The molecule has 23 heavy (non-hydrogen) atoms. The maximum absolute atomic E-state index is 13.0. The molecule has 1 heterocycles. The van der Waals surface area contributed by atoms with Gasteiger partial charge in [-0.2, -0.15) is 13.2 Å². The molecular formula is C17H22F3NO2. The minimum atomic E-state index is -4.32. The van der Waals surface area contributed by atoms with E-state index in [1.165, 1.54) is 12.2 Å². The summed E-state index contributed by atoms with van der Waals surface area (Å²) < 4.78 is 38.2. The summed E-state index contributed by atoms with van der Waals surface area (Å²) in [4.78, 5) is 26.0. The van der Waals surface area contributed by atoms with E-state index >= 15 is 0 Å². The van der Waals surface area contributed by atoms with Gasteiger partial charge in [0.15, 0.2) is 5.78 Å². The highest BCUT2D eigenvalue weighted by atomic mass is 19.4. The van der Waals surface area contributed by atoms with Crippen molar-refractivity contribution in [2.24, 2.45) is 10.8 Å². The lowest BCUT2D eigenvalue weighted by Gasteiger charge is -2.37. The zero-order valence-electron chi connectivity index (χ0n) is 13.8. The minimum Gasteiger partial charge on any atom is -0.336 e. The molecule has 0 aromatic heterocycles. The Labute approximate surface area is 134 Å². The van der Waals surface area contributed by atoms with Crippen LogP contribution in [-0.2, 0) is 9.59 Å². The molecule has 1 unspecified atom stereocenters. The maximum atomic E-state index is 13.0. The van der Waals surface area contributed by atoms with E-state index in [1.807, 2.05) is 20.8 Å². The third kappa shape index (κ3) is 3.08. The molecule has 1 fully saturated rings. The van der Waals surface area contributed by atoms with Gasteiger partial charge >= 0.3 is 6.18 Å². The van der Waals surface area contributed by atoms with Gasteiger partial charge in [0.05, 0.1) is 5.41 Å². The Kier molecular flexibility index (Phi) is 4.02. The number of carbonyl (C=O) groups is 2. The van der Waals surface area contributed by atoms with Gasteiger partial charge in [-0.25, -0.2) is 0 Å². The Balaban J connectivity index is 2.45. The Morgan fingerprint density at radius 2 is 1.65 bits per heavy atom. The molecule has 128 valence electrons. The van der Waals surface area contributed by atoms with E-state index < -0.39 is 29.0 Å². The van der Waals surface area contributed by atoms with Crippen LogP contribution in [0.1, 0.15) is 40.5 Å². The van der Waals surface area contributed by atoms with Crippen molar-refractivity contribution in [2.75, 3.05) is 6.54 Å². The molecule has 2 aliphatic rings. The SMILES string of the molecule is CC(C)(C)N1CC2(C=CC(=O)C=C2)C(C)(CCC(F)(F)F)C1=O. The average molecular weight is 329 g/mol. The van der Waals surface area contributed by atoms with E-state index in [0.29, 0.717) is 0 Å². The summed E-state index contributed by atoms with van der Waals surface area (Å²) in [5.74, 6) is -0.506. The molecule has 0 bridgehead atoms. The Morgan fingerprint density at radius 1 is 1.13 bits per heavy atom. The number of allylic oxidation sites excluding steroid dienone is 2. The van der Waals surface area contributed by atoms with Crippen molar-refractivity contribution < 1.29 is 22.8 Å². The number of carbonyl (C=O) groups excluding carboxylic acids is 2. The third-order valence-electron chi connectivity index (χ3n) is 4.97. The lowest BCUT2D eigenvalue weighted by molar-refractivity contribution is -0.151. The number of hydrogen-bond acceptors (Lipinski definition) is 2. The van der Waals surface area contributed by atoms with Crippen LogP contribution in [0.15, 0.2) is 24.3 Å². The smallest absolute Gasteiger partial charge is 0.336 e. The molecule has 0 aromatic carbocycles. The van der Waals surface area contributed by atoms with Crippen LogP contribution in [-0.4, -0.2) is 34.9 Å². The minimum absolute atomic E-state index is 0.213. The monoisotopic (exact) mass is 329 g/mol. The van der Waals surface area contributed by atoms with Crippen molar-refractivity contribution in [3.63, 3.8) is 0 Å². The summed E-state index contributed by atoms with van der Waals surface area (Å²) >= 11 is 0. The van der Waals surface area contributed by atoms with E-state index in [9.17, 15) is 22.8 Å². The summed E-state index contributed by atoms with van der Waals surface area (Å²) in [5, 5.41) is 0. The Bertz CT molecular complexity index is 568. The van der Waals surface area contributed by atoms with Gasteiger partial charge < -0.3 is 4.90 Å². The fourth-order valence-corrected chi connectivity index (χ4v) is 3.32. The van der Waals surface area contributed by atoms with Crippen molar-refractivity contribution in [2.45, 2.75) is 52.3 Å². The van der Waals surface area contributed by atoms with Crippen LogP contribution in [0.25, 0.3) is 0 Å². The Hall–Kier alpha value is -1.59. The van der Waals surface area contributed by atoms with Gasteiger partial charge in [0.2, 0.25) is 5.91 Å². The van der Waals surface area contributed by atoms with Crippen molar-refractivity contribution in [1.82, 2.24) is 4.90 Å². The number of ketones is 1. The van der Waals surface area contributed by atoms with Crippen LogP contribution < -0.4 is 0 Å². The molecule has 1 aliphatic heterocycles. The van der Waals surface area contributed by atoms with Crippen LogP contribution in [0.3, 0.4) is 0 Å². The lowest BCUT2D eigenvalue weighted by Crippen LogP contribution is -2.45. The molecule has 6 heteroatoms. The second kappa shape index (κ2) is 5.21. The summed E-state index contributed by atoms with van der Waals surface area (Å²) in [6.45, 7) is 7.43. The highest BCUT2D eigenvalue weighted by Gasteiger charge is 2.61. The quantitative estimate of drug-likeness (QED) is 0.775. The van der Waals surface area contributed by atoms with Crippen molar-refractivity contribution >= 4 is 11.7 Å². The van der Waals surface area contributed by atoms with Gasteiger partial charge in [0.25, 0.3) is 0 Å². The molecule has 1 atom stereocenters. The van der Waals surface area contributed by atoms with E-state index in [-0.39, 0.29) is 24.7 Å². The normalized spacial score (nSPS) is 27.3. The highest BCUT2D eigenvalue weighted by Crippen LogP contribution is 2.55. The zero-order chi connectivity index (χ0) is 17.7. The number of nitrogens with zero attached hydrogens (tertiary/aromatic N) is 1. The molecule has 0 aromatic rings. The van der Waals surface area contributed by atoms with E-state index in [2.05, 4.69) is 0 Å². The predicted molar refractivity (Wildman–Crippen MR) is 80.6 cm³/mol. The standard InChI is InChI=1S/C17H22F3NO2/c1-14(2,3)21-11-16(7-5-12(22)6-8-16)15(4,13(21)23)9-10-17(18,19)20/h5-8H,9-11H2,1-4H3. The lowest BCUT2D eigenvalue weighted by atomic mass is 9.62. The van der Waals surface area contributed by atoms with Crippen LogP contribution in [0.4, 0.5) is 13.2 Å². The van der Waals surface area contributed by atoms with Crippen LogP contribution in [0.5, 0.6) is 0 Å². The molecule has 1 amide bonds. The molecule has 0 saturated carbocycles. The fraction of sp³-hybridized carbons (Fsp3) is 0.647. The van der Waals surface area contributed by atoms with Crippen molar-refractivity contribution in [3.8, 4) is 0 Å². The molecule has 0 radical (unpaired) electrons. The number of halogens is 3. The van der Waals surface area contributed by atoms with Crippen LogP contribution in [0, 0.1) is 10.8 Å².